The van der Waals surface area contributed by atoms with Gasteiger partial charge in [0.25, 0.3) is 0 Å². The molecule has 0 spiro atoms. The number of hydrogen-bond acceptors (Lipinski definition) is 6. The number of rotatable bonds is 6. The molecule has 27 heavy (non-hydrogen) atoms. The highest BCUT2D eigenvalue weighted by atomic mass is 32.2. The molecule has 0 bridgehead atoms. The van der Waals surface area contributed by atoms with Crippen LogP contribution in [0.4, 0.5) is 5.82 Å². The van der Waals surface area contributed by atoms with Crippen LogP contribution in [0.25, 0.3) is 10.9 Å². The van der Waals surface area contributed by atoms with Crippen molar-refractivity contribution in [3.63, 3.8) is 0 Å². The van der Waals surface area contributed by atoms with Crippen LogP contribution < -0.4 is 10.6 Å². The smallest absolute Gasteiger partial charge is 0.242 e. The summed E-state index contributed by atoms with van der Waals surface area (Å²) < 4.78 is 23.6. The molecule has 3 rings (SSSR count). The summed E-state index contributed by atoms with van der Waals surface area (Å²) in [5.41, 5.74) is 1.60. The van der Waals surface area contributed by atoms with E-state index in [-0.39, 0.29) is 10.8 Å². The van der Waals surface area contributed by atoms with E-state index in [9.17, 15) is 13.2 Å². The molecule has 1 atom stereocenters. The lowest BCUT2D eigenvalue weighted by Crippen LogP contribution is -2.37. The zero-order valence-corrected chi connectivity index (χ0v) is 15.8. The number of amides is 1. The Labute approximate surface area is 157 Å². The molecule has 7 nitrogen and oxygen atoms in total. The summed E-state index contributed by atoms with van der Waals surface area (Å²) in [7, 11) is -3.36. The molecule has 3 aromatic rings. The van der Waals surface area contributed by atoms with Gasteiger partial charge >= 0.3 is 0 Å². The molecular formula is C19H20N4O3S. The van der Waals surface area contributed by atoms with Crippen LogP contribution in [0.15, 0.2) is 59.8 Å². The first-order chi connectivity index (χ1) is 12.8. The number of nitrogens with one attached hydrogen (secondary N) is 2. The molecule has 0 saturated carbocycles. The second-order valence-electron chi connectivity index (χ2n) is 6.24. The van der Waals surface area contributed by atoms with Gasteiger partial charge in [0.15, 0.2) is 9.84 Å². The topological polar surface area (TPSA) is 101 Å². The summed E-state index contributed by atoms with van der Waals surface area (Å²) >= 11 is 0. The lowest BCUT2D eigenvalue weighted by Gasteiger charge is -2.16. The van der Waals surface area contributed by atoms with Crippen molar-refractivity contribution >= 4 is 32.5 Å². The fourth-order valence-electron chi connectivity index (χ4n) is 2.59. The fourth-order valence-corrected chi connectivity index (χ4v) is 3.24. The van der Waals surface area contributed by atoms with E-state index in [1.165, 1.54) is 18.5 Å². The maximum absolute atomic E-state index is 12.4. The molecule has 1 aromatic heterocycles. The Balaban J connectivity index is 1.77. The van der Waals surface area contributed by atoms with E-state index >= 15 is 0 Å². The average Bonchev–Trinajstić information content (AvgIpc) is 2.66. The van der Waals surface area contributed by atoms with Gasteiger partial charge in [-0.2, -0.15) is 0 Å². The fraction of sp³-hybridized carbons (Fsp3) is 0.211. The number of fused-ring (bicyclic) bond motifs is 1. The number of anilines is 1. The Morgan fingerprint density at radius 3 is 2.56 bits per heavy atom. The van der Waals surface area contributed by atoms with Crippen molar-refractivity contribution in [3.05, 3.63) is 60.4 Å². The van der Waals surface area contributed by atoms with Crippen molar-refractivity contribution in [3.8, 4) is 0 Å². The summed E-state index contributed by atoms with van der Waals surface area (Å²) in [6, 6.07) is 13.7. The normalized spacial score (nSPS) is 12.5. The first-order valence-electron chi connectivity index (χ1n) is 8.37. The van der Waals surface area contributed by atoms with Crippen molar-refractivity contribution in [1.29, 1.82) is 0 Å². The molecule has 2 aromatic carbocycles. The van der Waals surface area contributed by atoms with E-state index in [0.717, 1.165) is 11.8 Å². The van der Waals surface area contributed by atoms with Gasteiger partial charge in [0.1, 0.15) is 18.2 Å². The second-order valence-corrected chi connectivity index (χ2v) is 8.26. The van der Waals surface area contributed by atoms with Gasteiger partial charge in [0, 0.05) is 18.2 Å². The van der Waals surface area contributed by atoms with Crippen LogP contribution >= 0.6 is 0 Å². The van der Waals surface area contributed by atoms with Crippen LogP contribution in [0.2, 0.25) is 0 Å². The number of sulfone groups is 1. The number of carbonyl (C=O) groups is 1. The van der Waals surface area contributed by atoms with Gasteiger partial charge < -0.3 is 10.6 Å². The van der Waals surface area contributed by atoms with Gasteiger partial charge in [-0.1, -0.05) is 30.3 Å². The molecule has 0 aliphatic heterocycles. The quantitative estimate of drug-likeness (QED) is 0.675. The molecule has 8 heteroatoms. The zero-order chi connectivity index (χ0) is 19.4. The lowest BCUT2D eigenvalue weighted by atomic mass is 10.2. The van der Waals surface area contributed by atoms with E-state index in [4.69, 9.17) is 0 Å². The van der Waals surface area contributed by atoms with E-state index in [1.807, 2.05) is 30.3 Å². The summed E-state index contributed by atoms with van der Waals surface area (Å²) in [6.07, 6.45) is 2.52. The van der Waals surface area contributed by atoms with Gasteiger partial charge in [-0.05, 0) is 30.7 Å². The first kappa shape index (κ1) is 18.8. The molecule has 0 fully saturated rings. The van der Waals surface area contributed by atoms with Crippen molar-refractivity contribution in [2.75, 3.05) is 11.6 Å². The number of aromatic nitrogens is 2. The summed E-state index contributed by atoms with van der Waals surface area (Å²) in [5.74, 6) is 0.220. The highest BCUT2D eigenvalue weighted by Gasteiger charge is 2.16. The third-order valence-electron chi connectivity index (χ3n) is 4.09. The highest BCUT2D eigenvalue weighted by molar-refractivity contribution is 7.90. The highest BCUT2D eigenvalue weighted by Crippen LogP contribution is 2.23. The minimum atomic E-state index is -3.36. The molecule has 1 amide bonds. The van der Waals surface area contributed by atoms with Crippen molar-refractivity contribution < 1.29 is 13.2 Å². The largest absolute Gasteiger partial charge is 0.358 e. The van der Waals surface area contributed by atoms with Gasteiger partial charge in [0.05, 0.1) is 10.4 Å². The van der Waals surface area contributed by atoms with E-state index in [0.29, 0.717) is 23.3 Å². The number of hydrogen-bond donors (Lipinski definition) is 2. The maximum Gasteiger partial charge on any atom is 0.242 e. The molecule has 0 aliphatic carbocycles. The van der Waals surface area contributed by atoms with Crippen molar-refractivity contribution in [2.24, 2.45) is 0 Å². The Morgan fingerprint density at radius 2 is 1.85 bits per heavy atom. The molecule has 0 aliphatic rings. The van der Waals surface area contributed by atoms with Crippen LogP contribution in [0.3, 0.4) is 0 Å². The lowest BCUT2D eigenvalue weighted by molar-refractivity contribution is -0.121. The van der Waals surface area contributed by atoms with Crippen LogP contribution in [-0.4, -0.2) is 36.6 Å². The Bertz CT molecular complexity index is 1070. The van der Waals surface area contributed by atoms with Crippen LogP contribution in [0.5, 0.6) is 0 Å². The van der Waals surface area contributed by atoms with Crippen molar-refractivity contribution in [2.45, 2.75) is 24.4 Å². The van der Waals surface area contributed by atoms with Gasteiger partial charge in [-0.3, -0.25) is 4.79 Å². The van der Waals surface area contributed by atoms with Crippen LogP contribution in [0, 0.1) is 0 Å². The maximum atomic E-state index is 12.4. The SMILES string of the molecule is CC(Nc1ncnc2ccc(S(C)(=O)=O)cc12)C(=O)NCc1ccccc1. The molecule has 1 heterocycles. The zero-order valence-electron chi connectivity index (χ0n) is 15.0. The molecular weight excluding hydrogens is 364 g/mol. The Kier molecular flexibility index (Phi) is 5.36. The Morgan fingerprint density at radius 1 is 1.11 bits per heavy atom. The van der Waals surface area contributed by atoms with Gasteiger partial charge in [0.2, 0.25) is 5.91 Å². The van der Waals surface area contributed by atoms with E-state index < -0.39 is 15.9 Å². The third-order valence-corrected chi connectivity index (χ3v) is 5.20. The predicted molar refractivity (Wildman–Crippen MR) is 104 cm³/mol. The molecule has 2 N–H and O–H groups in total. The minimum absolute atomic E-state index is 0.175. The summed E-state index contributed by atoms with van der Waals surface area (Å²) in [6.45, 7) is 2.14. The van der Waals surface area contributed by atoms with Crippen LogP contribution in [0.1, 0.15) is 12.5 Å². The molecule has 0 radical (unpaired) electrons. The van der Waals surface area contributed by atoms with Gasteiger partial charge in [-0.25, -0.2) is 18.4 Å². The standard InChI is InChI=1S/C19H20N4O3S/c1-13(19(24)20-11-14-6-4-3-5-7-14)23-18-16-10-15(27(2,25)26)8-9-17(16)21-12-22-18/h3-10,12-13H,11H2,1-2H3,(H,20,24)(H,21,22,23). The third kappa shape index (κ3) is 4.59. The molecule has 140 valence electrons. The van der Waals surface area contributed by atoms with Gasteiger partial charge in [-0.15, -0.1) is 0 Å². The predicted octanol–water partition coefficient (Wildman–Crippen LogP) is 2.15. The second kappa shape index (κ2) is 7.71. The van der Waals surface area contributed by atoms with Crippen molar-refractivity contribution in [1.82, 2.24) is 15.3 Å². The average molecular weight is 384 g/mol. The monoisotopic (exact) mass is 384 g/mol. The molecule has 1 unspecified atom stereocenters. The number of benzene rings is 2. The van der Waals surface area contributed by atoms with E-state index in [1.54, 1.807) is 13.0 Å². The summed E-state index contributed by atoms with van der Waals surface area (Å²) in [5, 5.41) is 6.45. The Hall–Kier alpha value is -3.00. The molecule has 0 saturated heterocycles. The minimum Gasteiger partial charge on any atom is -0.358 e. The number of nitrogens with zero attached hydrogens (tertiary/aromatic N) is 2. The number of carbonyl (C=O) groups excluding carboxylic acids is 1. The van der Waals surface area contributed by atoms with Crippen LogP contribution in [-0.2, 0) is 21.2 Å². The van der Waals surface area contributed by atoms with E-state index in [2.05, 4.69) is 20.6 Å². The first-order valence-corrected chi connectivity index (χ1v) is 10.3. The summed E-state index contributed by atoms with van der Waals surface area (Å²) in [4.78, 5) is 20.9.